The third-order valence-electron chi connectivity index (χ3n) is 7.00. The lowest BCUT2D eigenvalue weighted by atomic mass is 10.0. The van der Waals surface area contributed by atoms with Crippen molar-refractivity contribution in [2.24, 2.45) is 0 Å². The predicted molar refractivity (Wildman–Crippen MR) is 151 cm³/mol. The molecule has 6 aromatic rings. The summed E-state index contributed by atoms with van der Waals surface area (Å²) in [6, 6.07) is 16.2. The van der Waals surface area contributed by atoms with Crippen molar-refractivity contribution in [1.29, 1.82) is 0 Å². The summed E-state index contributed by atoms with van der Waals surface area (Å²) < 4.78 is 4.60. The first-order valence-electron chi connectivity index (χ1n) is 12.4. The molecule has 0 saturated heterocycles. The summed E-state index contributed by atoms with van der Waals surface area (Å²) in [6.45, 7) is 4.17. The first-order valence-corrected chi connectivity index (χ1v) is 14.0. The van der Waals surface area contributed by atoms with Crippen molar-refractivity contribution in [2.75, 3.05) is 6.54 Å². The van der Waals surface area contributed by atoms with Crippen molar-refractivity contribution < 1.29 is 4.79 Å². The highest BCUT2D eigenvalue weighted by Crippen LogP contribution is 2.28. The molecule has 0 saturated carbocycles. The van der Waals surface area contributed by atoms with Crippen LogP contribution < -0.4 is 0 Å². The van der Waals surface area contributed by atoms with Gasteiger partial charge in [-0.25, -0.2) is 9.67 Å². The number of thiazole rings is 1. The first kappa shape index (κ1) is 23.9. The molecule has 0 aliphatic carbocycles. The van der Waals surface area contributed by atoms with E-state index < -0.39 is 0 Å². The van der Waals surface area contributed by atoms with Gasteiger partial charge in [-0.15, -0.1) is 16.4 Å². The van der Waals surface area contributed by atoms with E-state index in [1.165, 1.54) is 5.39 Å². The van der Waals surface area contributed by atoms with Gasteiger partial charge in [-0.1, -0.05) is 41.6 Å². The topological polar surface area (TPSA) is 110 Å². The molecule has 39 heavy (non-hydrogen) atoms. The van der Waals surface area contributed by atoms with Crippen LogP contribution in [0.1, 0.15) is 26.8 Å². The number of nitrogens with one attached hydrogen (secondary N) is 1. The number of fused-ring (bicyclic) bond motifs is 2. The van der Waals surface area contributed by atoms with Crippen LogP contribution >= 0.6 is 27.3 Å². The van der Waals surface area contributed by atoms with Crippen LogP contribution in [-0.2, 0) is 19.6 Å². The summed E-state index contributed by atoms with van der Waals surface area (Å²) in [5.41, 5.74) is 5.69. The van der Waals surface area contributed by atoms with Crippen LogP contribution in [0.4, 0.5) is 0 Å². The molecule has 2 aromatic carbocycles. The standard InChI is InChI=1S/C27H22BrN9OS/c1-16-25(39-27(28)30-16)15-36-13-23(33-34-36)20-12-29-37-9-8-35(14-24(20)37)26(38)22-11-21(31-32-22)19-7-6-17-4-2-3-5-18(17)10-19/h2-7,10-13H,8-9,14-15H2,1H3,(H,31,32). The predicted octanol–water partition coefficient (Wildman–Crippen LogP) is 4.92. The Morgan fingerprint density at radius 1 is 1.10 bits per heavy atom. The van der Waals surface area contributed by atoms with Crippen molar-refractivity contribution in [3.05, 3.63) is 86.8 Å². The number of aryl methyl sites for hydroxylation is 1. The molecular weight excluding hydrogens is 578 g/mol. The number of hydrogen-bond donors (Lipinski definition) is 1. The average molecular weight is 601 g/mol. The molecule has 5 heterocycles. The summed E-state index contributed by atoms with van der Waals surface area (Å²) in [7, 11) is 0. The number of nitrogens with zero attached hydrogens (tertiary/aromatic N) is 8. The zero-order chi connectivity index (χ0) is 26.5. The van der Waals surface area contributed by atoms with Gasteiger partial charge in [-0.2, -0.15) is 10.2 Å². The molecule has 1 N–H and O–H groups in total. The largest absolute Gasteiger partial charge is 0.330 e. The lowest BCUT2D eigenvalue weighted by molar-refractivity contribution is 0.0700. The third-order valence-corrected chi connectivity index (χ3v) is 8.59. The number of aromatic nitrogens is 8. The minimum absolute atomic E-state index is 0.0946. The molecule has 7 rings (SSSR count). The molecule has 10 nitrogen and oxygen atoms in total. The Hall–Kier alpha value is -4.16. The molecule has 0 radical (unpaired) electrons. The smallest absolute Gasteiger partial charge is 0.272 e. The number of H-pyrrole nitrogens is 1. The van der Waals surface area contributed by atoms with E-state index in [1.54, 1.807) is 22.2 Å². The van der Waals surface area contributed by atoms with Crippen molar-refractivity contribution in [3.63, 3.8) is 0 Å². The van der Waals surface area contributed by atoms with Crippen molar-refractivity contribution in [2.45, 2.75) is 26.6 Å². The van der Waals surface area contributed by atoms with Crippen LogP contribution in [0.25, 0.3) is 33.3 Å². The molecule has 0 bridgehead atoms. The highest BCUT2D eigenvalue weighted by Gasteiger charge is 2.27. The monoisotopic (exact) mass is 599 g/mol. The fourth-order valence-corrected chi connectivity index (χ4v) is 6.54. The third kappa shape index (κ3) is 4.45. The molecule has 4 aromatic heterocycles. The molecule has 1 aliphatic heterocycles. The molecule has 1 amide bonds. The summed E-state index contributed by atoms with van der Waals surface area (Å²) in [5.74, 6) is -0.0946. The van der Waals surface area contributed by atoms with Gasteiger partial charge in [0.1, 0.15) is 11.4 Å². The molecule has 194 valence electrons. The summed E-state index contributed by atoms with van der Waals surface area (Å²) in [4.78, 5) is 20.8. The van der Waals surface area contributed by atoms with E-state index in [2.05, 4.69) is 70.8 Å². The minimum Gasteiger partial charge on any atom is -0.330 e. The van der Waals surface area contributed by atoms with E-state index in [0.29, 0.717) is 31.9 Å². The number of amides is 1. The summed E-state index contributed by atoms with van der Waals surface area (Å²) in [6.07, 6.45) is 3.72. The van der Waals surface area contributed by atoms with Crippen LogP contribution in [0.5, 0.6) is 0 Å². The number of carbonyl (C=O) groups is 1. The maximum absolute atomic E-state index is 13.5. The summed E-state index contributed by atoms with van der Waals surface area (Å²) in [5, 5.41) is 22.9. The Labute approximate surface area is 235 Å². The van der Waals surface area contributed by atoms with E-state index in [1.807, 2.05) is 47.0 Å². The average Bonchev–Trinajstić information content (AvgIpc) is 3.75. The zero-order valence-electron chi connectivity index (χ0n) is 20.9. The quantitative estimate of drug-likeness (QED) is 0.301. The molecule has 12 heteroatoms. The normalized spacial score (nSPS) is 13.2. The van der Waals surface area contributed by atoms with E-state index in [0.717, 1.165) is 48.1 Å². The second kappa shape index (κ2) is 9.54. The Kier molecular flexibility index (Phi) is 5.85. The molecule has 0 unspecified atom stereocenters. The molecule has 0 fully saturated rings. The van der Waals surface area contributed by atoms with Crippen LogP contribution in [0, 0.1) is 6.92 Å². The van der Waals surface area contributed by atoms with Crippen molar-refractivity contribution >= 4 is 43.9 Å². The van der Waals surface area contributed by atoms with Crippen LogP contribution in [0.3, 0.4) is 0 Å². The molecule has 1 aliphatic rings. The maximum atomic E-state index is 13.5. The highest BCUT2D eigenvalue weighted by molar-refractivity contribution is 9.11. The van der Waals surface area contributed by atoms with E-state index in [9.17, 15) is 4.79 Å². The van der Waals surface area contributed by atoms with E-state index >= 15 is 0 Å². The van der Waals surface area contributed by atoms with Crippen molar-refractivity contribution in [3.8, 4) is 22.5 Å². The van der Waals surface area contributed by atoms with Gasteiger partial charge in [-0.3, -0.25) is 14.6 Å². The Bertz CT molecular complexity index is 1850. The lowest BCUT2D eigenvalue weighted by Gasteiger charge is -2.27. The second-order valence-electron chi connectivity index (χ2n) is 9.46. The van der Waals surface area contributed by atoms with Gasteiger partial charge >= 0.3 is 0 Å². The van der Waals surface area contributed by atoms with Gasteiger partial charge in [0.05, 0.1) is 54.0 Å². The maximum Gasteiger partial charge on any atom is 0.272 e. The molecular formula is C27H22BrN9OS. The molecule has 0 spiro atoms. The van der Waals surface area contributed by atoms with Crippen LogP contribution in [0.15, 0.2) is 64.8 Å². The highest BCUT2D eigenvalue weighted by atomic mass is 79.9. The van der Waals surface area contributed by atoms with E-state index in [4.69, 9.17) is 0 Å². The van der Waals surface area contributed by atoms with Crippen LogP contribution in [0.2, 0.25) is 0 Å². The van der Waals surface area contributed by atoms with Gasteiger partial charge in [0.25, 0.3) is 5.91 Å². The van der Waals surface area contributed by atoms with Crippen LogP contribution in [-0.4, -0.2) is 57.3 Å². The van der Waals surface area contributed by atoms with Gasteiger partial charge in [0.15, 0.2) is 3.92 Å². The number of aromatic amines is 1. The van der Waals surface area contributed by atoms with Gasteiger partial charge in [0.2, 0.25) is 0 Å². The Morgan fingerprint density at radius 2 is 1.97 bits per heavy atom. The zero-order valence-corrected chi connectivity index (χ0v) is 23.3. The van der Waals surface area contributed by atoms with Gasteiger partial charge in [0, 0.05) is 17.7 Å². The van der Waals surface area contributed by atoms with Gasteiger partial charge in [-0.05, 0) is 45.8 Å². The number of carbonyl (C=O) groups excluding carboxylic acids is 1. The Morgan fingerprint density at radius 3 is 2.82 bits per heavy atom. The number of halogens is 1. The second-order valence-corrected chi connectivity index (χ2v) is 11.8. The van der Waals surface area contributed by atoms with Gasteiger partial charge < -0.3 is 4.90 Å². The minimum atomic E-state index is -0.0946. The first-order chi connectivity index (χ1) is 19.0. The summed E-state index contributed by atoms with van der Waals surface area (Å²) >= 11 is 5.03. The fourth-order valence-electron chi connectivity index (χ4n) is 4.92. The number of hydrogen-bond acceptors (Lipinski definition) is 7. The number of rotatable bonds is 5. The number of benzene rings is 2. The van der Waals surface area contributed by atoms with Crippen molar-refractivity contribution in [1.82, 2.24) is 44.9 Å². The van der Waals surface area contributed by atoms with E-state index in [-0.39, 0.29) is 5.91 Å². The fraction of sp³-hybridized carbons (Fsp3) is 0.185. The molecule has 0 atom stereocenters. The SMILES string of the molecule is Cc1nc(Br)sc1Cn1cc(-c2cnn3c2CN(C(=O)c2cc(-c4ccc5ccccc5c4)n[nH]2)CC3)nn1. The lowest BCUT2D eigenvalue weighted by Crippen LogP contribution is -2.38. The Balaban J connectivity index is 1.10.